The topological polar surface area (TPSA) is 82.0 Å². The molecule has 5 aromatic rings. The highest BCUT2D eigenvalue weighted by Gasteiger charge is 2.21. The molecular formula is C27H22N4O3S. The summed E-state index contributed by atoms with van der Waals surface area (Å²) in [6.45, 7) is 3.06. The molecule has 0 fully saturated rings. The van der Waals surface area contributed by atoms with Crippen molar-refractivity contribution in [1.82, 2.24) is 19.7 Å². The second-order valence-electron chi connectivity index (χ2n) is 8.25. The molecule has 0 bridgehead atoms. The van der Waals surface area contributed by atoms with Gasteiger partial charge < -0.3 is 14.5 Å². The van der Waals surface area contributed by atoms with E-state index in [4.69, 9.17) is 9.47 Å². The second kappa shape index (κ2) is 8.96. The van der Waals surface area contributed by atoms with Crippen LogP contribution in [0.5, 0.6) is 11.5 Å². The highest BCUT2D eigenvalue weighted by atomic mass is 32.2. The molecule has 2 aromatic heterocycles. The van der Waals surface area contributed by atoms with Crippen molar-refractivity contribution in [3.8, 4) is 28.6 Å². The third-order valence-electron chi connectivity index (χ3n) is 6.02. The average molecular weight is 483 g/mol. The molecule has 0 aliphatic carbocycles. The van der Waals surface area contributed by atoms with E-state index in [1.54, 1.807) is 18.2 Å². The maximum atomic E-state index is 13.0. The molecule has 0 saturated heterocycles. The summed E-state index contributed by atoms with van der Waals surface area (Å²) in [6, 6.07) is 21.5. The van der Waals surface area contributed by atoms with Crippen molar-refractivity contribution >= 4 is 28.4 Å². The number of thioether (sulfide) groups is 1. The highest BCUT2D eigenvalue weighted by Crippen LogP contribution is 2.34. The second-order valence-corrected chi connectivity index (χ2v) is 9.19. The number of carbonyl (C=O) groups excluding carboxylic acids is 1. The van der Waals surface area contributed by atoms with Crippen molar-refractivity contribution in [2.24, 2.45) is 0 Å². The Kier molecular flexibility index (Phi) is 5.50. The number of aromatic nitrogens is 4. The van der Waals surface area contributed by atoms with Gasteiger partial charge in [-0.05, 0) is 42.8 Å². The SMILES string of the molecule is Cc1ccccc1-n1c(SCC(=O)c2ccc3c(c2)OCCO3)nnc1-c1c[nH]c2ccccc12. The van der Waals surface area contributed by atoms with Crippen molar-refractivity contribution in [3.63, 3.8) is 0 Å². The van der Waals surface area contributed by atoms with Gasteiger partial charge in [-0.15, -0.1) is 10.2 Å². The van der Waals surface area contributed by atoms with Crippen molar-refractivity contribution in [2.45, 2.75) is 12.1 Å². The van der Waals surface area contributed by atoms with Crippen LogP contribution in [0.3, 0.4) is 0 Å². The fourth-order valence-corrected chi connectivity index (χ4v) is 5.10. The molecule has 0 amide bonds. The summed E-state index contributed by atoms with van der Waals surface area (Å²) in [4.78, 5) is 16.4. The fourth-order valence-electron chi connectivity index (χ4n) is 4.26. The molecule has 3 heterocycles. The smallest absolute Gasteiger partial charge is 0.196 e. The van der Waals surface area contributed by atoms with Gasteiger partial charge in [0.25, 0.3) is 0 Å². The van der Waals surface area contributed by atoms with Gasteiger partial charge in [0.2, 0.25) is 0 Å². The number of ketones is 1. The van der Waals surface area contributed by atoms with Crippen LogP contribution in [-0.4, -0.2) is 44.5 Å². The van der Waals surface area contributed by atoms with Crippen molar-refractivity contribution in [2.75, 3.05) is 19.0 Å². The van der Waals surface area contributed by atoms with Gasteiger partial charge in [0.1, 0.15) is 13.2 Å². The quantitative estimate of drug-likeness (QED) is 0.255. The van der Waals surface area contributed by atoms with Crippen LogP contribution in [0.15, 0.2) is 78.1 Å². The van der Waals surface area contributed by atoms with Crippen LogP contribution in [0.25, 0.3) is 28.0 Å². The van der Waals surface area contributed by atoms with Gasteiger partial charge in [0.15, 0.2) is 28.3 Å². The number of para-hydroxylation sites is 2. The molecule has 0 radical (unpaired) electrons. The zero-order valence-electron chi connectivity index (χ0n) is 19.0. The summed E-state index contributed by atoms with van der Waals surface area (Å²) in [5.41, 5.74) is 4.65. The number of benzene rings is 3. The number of hydrogen-bond acceptors (Lipinski definition) is 6. The van der Waals surface area contributed by atoms with E-state index >= 15 is 0 Å². The molecule has 0 unspecified atom stereocenters. The van der Waals surface area contributed by atoms with E-state index in [2.05, 4.69) is 34.2 Å². The number of aromatic amines is 1. The Morgan fingerprint density at radius 3 is 2.69 bits per heavy atom. The standard InChI is InChI=1S/C27H22N4O3S/c1-17-6-2-5-9-22(17)31-26(20-15-28-21-8-4-3-7-19(20)21)29-30-27(31)35-16-23(32)18-10-11-24-25(14-18)34-13-12-33-24/h2-11,14-15,28H,12-13,16H2,1H3. The molecule has 8 heteroatoms. The molecule has 1 N–H and O–H groups in total. The number of fused-ring (bicyclic) bond motifs is 2. The number of nitrogens with zero attached hydrogens (tertiary/aromatic N) is 3. The number of H-pyrrole nitrogens is 1. The van der Waals surface area contributed by atoms with Crippen molar-refractivity contribution < 1.29 is 14.3 Å². The first kappa shape index (κ1) is 21.5. The molecule has 35 heavy (non-hydrogen) atoms. The minimum absolute atomic E-state index is 0.0139. The number of nitrogens with one attached hydrogen (secondary N) is 1. The summed E-state index contributed by atoms with van der Waals surface area (Å²) in [6.07, 6.45) is 1.96. The molecule has 7 nitrogen and oxygen atoms in total. The summed E-state index contributed by atoms with van der Waals surface area (Å²) in [5.74, 6) is 2.21. The van der Waals surface area contributed by atoms with Gasteiger partial charge in [0, 0.05) is 28.2 Å². The number of rotatable bonds is 6. The summed E-state index contributed by atoms with van der Waals surface area (Å²) in [5, 5.41) is 10.8. The van der Waals surface area contributed by atoms with Gasteiger partial charge in [-0.25, -0.2) is 0 Å². The van der Waals surface area contributed by atoms with E-state index in [-0.39, 0.29) is 11.5 Å². The summed E-state index contributed by atoms with van der Waals surface area (Å²) < 4.78 is 13.2. The summed E-state index contributed by atoms with van der Waals surface area (Å²) >= 11 is 1.37. The number of hydrogen-bond donors (Lipinski definition) is 1. The molecule has 6 rings (SSSR count). The maximum Gasteiger partial charge on any atom is 0.196 e. The predicted molar refractivity (Wildman–Crippen MR) is 136 cm³/mol. The van der Waals surface area contributed by atoms with E-state index < -0.39 is 0 Å². The Morgan fingerprint density at radius 2 is 1.80 bits per heavy atom. The van der Waals surface area contributed by atoms with Crippen molar-refractivity contribution in [1.29, 1.82) is 0 Å². The van der Waals surface area contributed by atoms with Crippen LogP contribution in [0.2, 0.25) is 0 Å². The van der Waals surface area contributed by atoms with Crippen LogP contribution in [-0.2, 0) is 0 Å². The Morgan fingerprint density at radius 1 is 1.00 bits per heavy atom. The van der Waals surface area contributed by atoms with E-state index in [0.29, 0.717) is 35.4 Å². The van der Waals surface area contributed by atoms with Gasteiger partial charge in [-0.3, -0.25) is 9.36 Å². The first-order valence-electron chi connectivity index (χ1n) is 11.3. The number of Topliss-reactive ketones (excluding diaryl/α,β-unsaturated/α-hetero) is 1. The van der Waals surface area contributed by atoms with Crippen LogP contribution in [0.1, 0.15) is 15.9 Å². The van der Waals surface area contributed by atoms with Crippen LogP contribution >= 0.6 is 11.8 Å². The normalized spacial score (nSPS) is 12.7. The van der Waals surface area contributed by atoms with E-state index in [9.17, 15) is 4.79 Å². The molecule has 174 valence electrons. The Bertz CT molecular complexity index is 1560. The Balaban J connectivity index is 1.35. The first-order chi connectivity index (χ1) is 17.2. The summed E-state index contributed by atoms with van der Waals surface area (Å²) in [7, 11) is 0. The fraction of sp³-hybridized carbons (Fsp3) is 0.148. The maximum absolute atomic E-state index is 13.0. The lowest BCUT2D eigenvalue weighted by Crippen LogP contribution is -2.16. The number of carbonyl (C=O) groups is 1. The van der Waals surface area contributed by atoms with Crippen molar-refractivity contribution in [3.05, 3.63) is 84.1 Å². The third-order valence-corrected chi connectivity index (χ3v) is 6.95. The van der Waals surface area contributed by atoms with Gasteiger partial charge >= 0.3 is 0 Å². The Hall–Kier alpha value is -4.04. The van der Waals surface area contributed by atoms with Gasteiger partial charge in [-0.1, -0.05) is 48.2 Å². The predicted octanol–water partition coefficient (Wildman–Crippen LogP) is 5.47. The lowest BCUT2D eigenvalue weighted by atomic mass is 10.1. The van der Waals surface area contributed by atoms with Gasteiger partial charge in [-0.2, -0.15) is 0 Å². The van der Waals surface area contributed by atoms with E-state index in [1.165, 1.54) is 11.8 Å². The minimum atomic E-state index is -0.0139. The lowest BCUT2D eigenvalue weighted by molar-refractivity contribution is 0.102. The minimum Gasteiger partial charge on any atom is -0.486 e. The van der Waals surface area contributed by atoms with Crippen LogP contribution < -0.4 is 9.47 Å². The molecule has 1 aliphatic heterocycles. The molecule has 0 saturated carbocycles. The monoisotopic (exact) mass is 482 g/mol. The Labute approximate surface area is 206 Å². The largest absolute Gasteiger partial charge is 0.486 e. The lowest BCUT2D eigenvalue weighted by Gasteiger charge is -2.18. The highest BCUT2D eigenvalue weighted by molar-refractivity contribution is 7.99. The van der Waals surface area contributed by atoms with Gasteiger partial charge in [0.05, 0.1) is 11.4 Å². The average Bonchev–Trinajstić information content (AvgIpc) is 3.51. The van der Waals surface area contributed by atoms with Crippen LogP contribution in [0, 0.1) is 6.92 Å². The zero-order chi connectivity index (χ0) is 23.8. The molecule has 0 spiro atoms. The molecule has 0 atom stereocenters. The molecular weight excluding hydrogens is 460 g/mol. The van der Waals surface area contributed by atoms with E-state index in [1.807, 2.05) is 47.2 Å². The zero-order valence-corrected chi connectivity index (χ0v) is 19.8. The molecule has 1 aliphatic rings. The number of ether oxygens (including phenoxy) is 2. The third kappa shape index (κ3) is 3.95. The first-order valence-corrected chi connectivity index (χ1v) is 12.3. The van der Waals surface area contributed by atoms with Crippen LogP contribution in [0.4, 0.5) is 0 Å². The molecule has 3 aromatic carbocycles. The van der Waals surface area contributed by atoms with E-state index in [0.717, 1.165) is 33.5 Å². The number of aryl methyl sites for hydroxylation is 1.